The fourth-order valence-electron chi connectivity index (χ4n) is 2.90. The number of rotatable bonds is 9. The molecular weight excluding hydrogens is 382 g/mol. The Morgan fingerprint density at radius 3 is 2.47 bits per heavy atom. The first-order chi connectivity index (χ1) is 14.6. The standard InChI is InChI=1S/C22H25N5O3/c1-15-18(10-7-11-19(15)17-8-5-4-6-9-17)14-30-22-26-20(25-21(27-22)29-3)24-13-12-23-16(2)28/h4-11H,12-14H2,1-3H3,(H,23,28)(H,24,25,26,27). The average molecular weight is 407 g/mol. The van der Waals surface area contributed by atoms with E-state index in [-0.39, 0.29) is 17.9 Å². The Kier molecular flexibility index (Phi) is 7.15. The highest BCUT2D eigenvalue weighted by Crippen LogP contribution is 2.26. The smallest absolute Gasteiger partial charge is 0.324 e. The van der Waals surface area contributed by atoms with E-state index in [0.29, 0.717) is 25.6 Å². The molecule has 2 aromatic carbocycles. The maximum atomic E-state index is 11.0. The van der Waals surface area contributed by atoms with Crippen LogP contribution in [0, 0.1) is 6.92 Å². The van der Waals surface area contributed by atoms with Crippen molar-refractivity contribution in [3.8, 4) is 23.1 Å². The van der Waals surface area contributed by atoms with Crippen LogP contribution in [0.1, 0.15) is 18.1 Å². The molecule has 30 heavy (non-hydrogen) atoms. The van der Waals surface area contributed by atoms with Crippen molar-refractivity contribution in [2.45, 2.75) is 20.5 Å². The van der Waals surface area contributed by atoms with Crippen LogP contribution in [0.2, 0.25) is 0 Å². The summed E-state index contributed by atoms with van der Waals surface area (Å²) >= 11 is 0. The molecule has 0 aliphatic rings. The summed E-state index contributed by atoms with van der Waals surface area (Å²) in [5, 5.41) is 5.71. The van der Waals surface area contributed by atoms with E-state index in [1.54, 1.807) is 0 Å². The lowest BCUT2D eigenvalue weighted by molar-refractivity contribution is -0.118. The zero-order valence-corrected chi connectivity index (χ0v) is 17.3. The van der Waals surface area contributed by atoms with E-state index in [1.165, 1.54) is 14.0 Å². The van der Waals surface area contributed by atoms with Crippen molar-refractivity contribution in [1.82, 2.24) is 20.3 Å². The molecule has 0 spiro atoms. The van der Waals surface area contributed by atoms with E-state index in [9.17, 15) is 4.79 Å². The maximum Gasteiger partial charge on any atom is 0.324 e. The van der Waals surface area contributed by atoms with E-state index < -0.39 is 0 Å². The van der Waals surface area contributed by atoms with Gasteiger partial charge in [-0.3, -0.25) is 4.79 Å². The number of amides is 1. The highest BCUT2D eigenvalue weighted by Gasteiger charge is 2.11. The highest BCUT2D eigenvalue weighted by atomic mass is 16.5. The highest BCUT2D eigenvalue weighted by molar-refractivity contribution is 5.72. The molecule has 0 saturated heterocycles. The van der Waals surface area contributed by atoms with Crippen LogP contribution in [0.5, 0.6) is 12.0 Å². The largest absolute Gasteiger partial charge is 0.467 e. The van der Waals surface area contributed by atoms with E-state index in [0.717, 1.165) is 22.3 Å². The van der Waals surface area contributed by atoms with E-state index >= 15 is 0 Å². The fraction of sp³-hybridized carbons (Fsp3) is 0.273. The van der Waals surface area contributed by atoms with Crippen molar-refractivity contribution in [1.29, 1.82) is 0 Å². The summed E-state index contributed by atoms with van der Waals surface area (Å²) in [5.74, 6) is 0.221. The monoisotopic (exact) mass is 407 g/mol. The third kappa shape index (κ3) is 5.66. The average Bonchev–Trinajstić information content (AvgIpc) is 2.76. The summed E-state index contributed by atoms with van der Waals surface area (Å²) in [4.78, 5) is 23.5. The number of aromatic nitrogens is 3. The number of methoxy groups -OCH3 is 1. The lowest BCUT2D eigenvalue weighted by Crippen LogP contribution is -2.26. The topological polar surface area (TPSA) is 98.3 Å². The minimum absolute atomic E-state index is 0.0952. The first kappa shape index (κ1) is 21.0. The van der Waals surface area contributed by atoms with Gasteiger partial charge in [0, 0.05) is 20.0 Å². The van der Waals surface area contributed by atoms with Gasteiger partial charge in [-0.2, -0.15) is 9.97 Å². The molecule has 156 valence electrons. The molecule has 0 bridgehead atoms. The van der Waals surface area contributed by atoms with Gasteiger partial charge in [0.1, 0.15) is 6.61 Å². The fourth-order valence-corrected chi connectivity index (χ4v) is 2.90. The first-order valence-corrected chi connectivity index (χ1v) is 9.62. The number of hydrogen-bond acceptors (Lipinski definition) is 7. The Hall–Kier alpha value is -3.68. The molecule has 8 nitrogen and oxygen atoms in total. The number of nitrogens with zero attached hydrogens (tertiary/aromatic N) is 3. The van der Waals surface area contributed by atoms with Crippen LogP contribution in [-0.4, -0.2) is 41.1 Å². The Bertz CT molecular complexity index is 995. The van der Waals surface area contributed by atoms with Gasteiger partial charge >= 0.3 is 12.0 Å². The van der Waals surface area contributed by atoms with Gasteiger partial charge in [0.25, 0.3) is 0 Å². The summed E-state index contributed by atoms with van der Waals surface area (Å²) < 4.78 is 11.0. The zero-order valence-electron chi connectivity index (χ0n) is 17.3. The summed E-state index contributed by atoms with van der Waals surface area (Å²) in [7, 11) is 1.48. The molecule has 2 N–H and O–H groups in total. The molecule has 3 rings (SSSR count). The summed E-state index contributed by atoms with van der Waals surface area (Å²) in [5.41, 5.74) is 4.49. The van der Waals surface area contributed by atoms with Crippen LogP contribution in [-0.2, 0) is 11.4 Å². The second kappa shape index (κ2) is 10.2. The molecule has 0 aliphatic heterocycles. The predicted molar refractivity (Wildman–Crippen MR) is 114 cm³/mol. The van der Waals surface area contributed by atoms with Gasteiger partial charge in [-0.05, 0) is 29.2 Å². The number of anilines is 1. The molecule has 0 aliphatic carbocycles. The Balaban J connectivity index is 1.71. The Morgan fingerprint density at radius 2 is 1.73 bits per heavy atom. The van der Waals surface area contributed by atoms with Crippen LogP contribution in [0.3, 0.4) is 0 Å². The molecule has 1 heterocycles. The molecule has 1 aromatic heterocycles. The van der Waals surface area contributed by atoms with Gasteiger partial charge in [0.2, 0.25) is 11.9 Å². The second-order valence-corrected chi connectivity index (χ2v) is 6.58. The van der Waals surface area contributed by atoms with E-state index in [2.05, 4.69) is 50.7 Å². The third-order valence-electron chi connectivity index (χ3n) is 4.45. The van der Waals surface area contributed by atoms with Gasteiger partial charge in [-0.15, -0.1) is 4.98 Å². The normalized spacial score (nSPS) is 10.4. The zero-order chi connectivity index (χ0) is 21.3. The van der Waals surface area contributed by atoms with E-state index in [1.807, 2.05) is 30.3 Å². The second-order valence-electron chi connectivity index (χ2n) is 6.58. The van der Waals surface area contributed by atoms with Gasteiger partial charge < -0.3 is 20.1 Å². The minimum Gasteiger partial charge on any atom is -0.467 e. The molecule has 0 saturated carbocycles. The van der Waals surface area contributed by atoms with Crippen molar-refractivity contribution in [2.75, 3.05) is 25.5 Å². The lowest BCUT2D eigenvalue weighted by atomic mass is 9.97. The van der Waals surface area contributed by atoms with Crippen molar-refractivity contribution in [3.05, 3.63) is 59.7 Å². The number of carbonyl (C=O) groups excluding carboxylic acids is 1. The maximum absolute atomic E-state index is 11.0. The number of nitrogens with one attached hydrogen (secondary N) is 2. The van der Waals surface area contributed by atoms with Crippen molar-refractivity contribution < 1.29 is 14.3 Å². The number of benzene rings is 2. The van der Waals surface area contributed by atoms with Gasteiger partial charge in [-0.25, -0.2) is 0 Å². The number of carbonyl (C=O) groups is 1. The quantitative estimate of drug-likeness (QED) is 0.526. The molecule has 0 atom stereocenters. The van der Waals surface area contributed by atoms with Crippen LogP contribution in [0.4, 0.5) is 5.95 Å². The van der Waals surface area contributed by atoms with Crippen molar-refractivity contribution in [3.63, 3.8) is 0 Å². The van der Waals surface area contributed by atoms with Crippen LogP contribution >= 0.6 is 0 Å². The predicted octanol–water partition coefficient (Wildman–Crippen LogP) is 2.98. The lowest BCUT2D eigenvalue weighted by Gasteiger charge is -2.13. The molecule has 0 radical (unpaired) electrons. The van der Waals surface area contributed by atoms with Crippen LogP contribution < -0.4 is 20.1 Å². The molecule has 8 heteroatoms. The number of ether oxygens (including phenoxy) is 2. The molecule has 3 aromatic rings. The number of hydrogen-bond donors (Lipinski definition) is 2. The Labute approximate surface area is 175 Å². The third-order valence-corrected chi connectivity index (χ3v) is 4.45. The van der Waals surface area contributed by atoms with Gasteiger partial charge in [0.05, 0.1) is 7.11 Å². The SMILES string of the molecule is COc1nc(NCCNC(C)=O)nc(OCc2cccc(-c3ccccc3)c2C)n1. The summed E-state index contributed by atoms with van der Waals surface area (Å²) in [6, 6.07) is 16.7. The van der Waals surface area contributed by atoms with Crippen LogP contribution in [0.15, 0.2) is 48.5 Å². The summed E-state index contributed by atoms with van der Waals surface area (Å²) in [6.07, 6.45) is 0. The minimum atomic E-state index is -0.0952. The molecule has 0 unspecified atom stereocenters. The molecular formula is C22H25N5O3. The van der Waals surface area contributed by atoms with E-state index in [4.69, 9.17) is 9.47 Å². The summed E-state index contributed by atoms with van der Waals surface area (Å²) in [6.45, 7) is 4.76. The van der Waals surface area contributed by atoms with Gasteiger partial charge in [-0.1, -0.05) is 48.5 Å². The first-order valence-electron chi connectivity index (χ1n) is 9.62. The van der Waals surface area contributed by atoms with Crippen LogP contribution in [0.25, 0.3) is 11.1 Å². The Morgan fingerprint density at radius 1 is 0.967 bits per heavy atom. The molecule has 1 amide bonds. The van der Waals surface area contributed by atoms with Crippen molar-refractivity contribution >= 4 is 11.9 Å². The van der Waals surface area contributed by atoms with Gasteiger partial charge in [0.15, 0.2) is 0 Å². The van der Waals surface area contributed by atoms with Crippen molar-refractivity contribution in [2.24, 2.45) is 0 Å². The molecule has 0 fully saturated rings.